The van der Waals surface area contributed by atoms with E-state index in [2.05, 4.69) is 28.1 Å². The molecule has 0 saturated heterocycles. The predicted molar refractivity (Wildman–Crippen MR) is 106 cm³/mol. The van der Waals surface area contributed by atoms with Crippen LogP contribution in [-0.2, 0) is 17.6 Å². The number of thioether (sulfide) groups is 1. The van der Waals surface area contributed by atoms with Gasteiger partial charge in [-0.25, -0.2) is 4.98 Å². The van der Waals surface area contributed by atoms with Crippen LogP contribution in [0.15, 0.2) is 35.5 Å². The SMILES string of the molecule is CC(C#N)(NC(=O)CSc1nc2c(n1-c1ccccc1)CCCC2)C1CC1. The lowest BCUT2D eigenvalue weighted by molar-refractivity contribution is -0.119. The van der Waals surface area contributed by atoms with Gasteiger partial charge in [0.05, 0.1) is 17.5 Å². The van der Waals surface area contributed by atoms with Crippen LogP contribution in [0, 0.1) is 17.2 Å². The molecule has 140 valence electrons. The second-order valence-corrected chi connectivity index (χ2v) is 8.53. The summed E-state index contributed by atoms with van der Waals surface area (Å²) in [6.07, 6.45) is 6.41. The molecule has 1 heterocycles. The van der Waals surface area contributed by atoms with Crippen LogP contribution >= 0.6 is 11.8 Å². The maximum absolute atomic E-state index is 12.5. The first-order valence-electron chi connectivity index (χ1n) is 9.62. The van der Waals surface area contributed by atoms with Gasteiger partial charge in [-0.3, -0.25) is 9.36 Å². The summed E-state index contributed by atoms with van der Waals surface area (Å²) in [6, 6.07) is 12.5. The molecule has 2 aliphatic carbocycles. The fourth-order valence-corrected chi connectivity index (χ4v) is 4.65. The number of hydrogen-bond acceptors (Lipinski definition) is 4. The lowest BCUT2D eigenvalue weighted by Crippen LogP contribution is -2.47. The van der Waals surface area contributed by atoms with Gasteiger partial charge in [0.15, 0.2) is 5.16 Å². The number of nitrogens with zero attached hydrogens (tertiary/aromatic N) is 3. The highest BCUT2D eigenvalue weighted by atomic mass is 32.2. The Labute approximate surface area is 164 Å². The molecule has 0 aliphatic heterocycles. The monoisotopic (exact) mass is 380 g/mol. The molecule has 1 amide bonds. The van der Waals surface area contributed by atoms with E-state index in [0.717, 1.165) is 42.2 Å². The highest BCUT2D eigenvalue weighted by Crippen LogP contribution is 2.39. The highest BCUT2D eigenvalue weighted by molar-refractivity contribution is 7.99. The van der Waals surface area contributed by atoms with Gasteiger partial charge in [-0.05, 0) is 63.5 Å². The van der Waals surface area contributed by atoms with E-state index >= 15 is 0 Å². The smallest absolute Gasteiger partial charge is 0.231 e. The number of carbonyl (C=O) groups is 1. The van der Waals surface area contributed by atoms with Crippen LogP contribution in [0.4, 0.5) is 0 Å². The van der Waals surface area contributed by atoms with Gasteiger partial charge in [-0.2, -0.15) is 5.26 Å². The van der Waals surface area contributed by atoms with E-state index in [1.54, 1.807) is 0 Å². The second-order valence-electron chi connectivity index (χ2n) is 7.59. The zero-order valence-electron chi connectivity index (χ0n) is 15.6. The van der Waals surface area contributed by atoms with Crippen LogP contribution in [0.1, 0.15) is 44.0 Å². The third kappa shape index (κ3) is 3.74. The number of benzene rings is 1. The molecule has 5 nitrogen and oxygen atoms in total. The van der Waals surface area contributed by atoms with Gasteiger partial charge in [-0.15, -0.1) is 0 Å². The number of carbonyl (C=O) groups excluding carboxylic acids is 1. The Morgan fingerprint density at radius 1 is 1.33 bits per heavy atom. The van der Waals surface area contributed by atoms with Crippen molar-refractivity contribution in [2.24, 2.45) is 5.92 Å². The number of nitriles is 1. The zero-order valence-corrected chi connectivity index (χ0v) is 16.4. The molecule has 4 rings (SSSR count). The Bertz CT molecular complexity index is 882. The fraction of sp³-hybridized carbons (Fsp3) is 0.476. The van der Waals surface area contributed by atoms with Gasteiger partial charge in [0, 0.05) is 11.4 Å². The molecule has 1 fully saturated rings. The number of imidazole rings is 1. The molecule has 2 aliphatic rings. The van der Waals surface area contributed by atoms with E-state index in [4.69, 9.17) is 4.98 Å². The first-order chi connectivity index (χ1) is 13.1. The quantitative estimate of drug-likeness (QED) is 0.777. The summed E-state index contributed by atoms with van der Waals surface area (Å²) in [5.74, 6) is 0.457. The van der Waals surface area contributed by atoms with Crippen LogP contribution < -0.4 is 5.32 Å². The minimum Gasteiger partial charge on any atom is -0.337 e. The summed E-state index contributed by atoms with van der Waals surface area (Å²) >= 11 is 1.46. The lowest BCUT2D eigenvalue weighted by Gasteiger charge is -2.22. The molecular weight excluding hydrogens is 356 g/mol. The van der Waals surface area contributed by atoms with E-state index in [1.165, 1.54) is 30.3 Å². The van der Waals surface area contributed by atoms with Crippen LogP contribution in [-0.4, -0.2) is 26.8 Å². The van der Waals surface area contributed by atoms with Crippen LogP contribution in [0.5, 0.6) is 0 Å². The van der Waals surface area contributed by atoms with Crippen LogP contribution in [0.3, 0.4) is 0 Å². The Morgan fingerprint density at radius 3 is 2.78 bits per heavy atom. The largest absolute Gasteiger partial charge is 0.337 e. The third-order valence-electron chi connectivity index (χ3n) is 5.47. The first kappa shape index (κ1) is 18.1. The molecular formula is C21H24N4OS. The number of aromatic nitrogens is 2. The van der Waals surface area contributed by atoms with Crippen molar-refractivity contribution in [1.82, 2.24) is 14.9 Å². The van der Waals surface area contributed by atoms with Gasteiger partial charge in [0.2, 0.25) is 5.91 Å². The Hall–Kier alpha value is -2.26. The van der Waals surface area contributed by atoms with Crippen LogP contribution in [0.25, 0.3) is 5.69 Å². The Kier molecular flexibility index (Phi) is 4.96. The molecule has 1 atom stereocenters. The fourth-order valence-electron chi connectivity index (χ4n) is 3.79. The number of para-hydroxylation sites is 1. The van der Waals surface area contributed by atoms with Crippen molar-refractivity contribution in [3.05, 3.63) is 41.7 Å². The zero-order chi connectivity index (χ0) is 18.9. The van der Waals surface area contributed by atoms with Crippen molar-refractivity contribution in [3.8, 4) is 11.8 Å². The van der Waals surface area contributed by atoms with Gasteiger partial charge < -0.3 is 5.32 Å². The maximum Gasteiger partial charge on any atom is 0.231 e. The summed E-state index contributed by atoms with van der Waals surface area (Å²) in [6.45, 7) is 1.83. The van der Waals surface area contributed by atoms with Crippen molar-refractivity contribution in [2.45, 2.75) is 56.1 Å². The summed E-state index contributed by atoms with van der Waals surface area (Å²) < 4.78 is 2.21. The lowest BCUT2D eigenvalue weighted by atomic mass is 9.98. The van der Waals surface area contributed by atoms with Crippen molar-refractivity contribution in [2.75, 3.05) is 5.75 Å². The predicted octanol–water partition coefficient (Wildman–Crippen LogP) is 3.65. The maximum atomic E-state index is 12.5. The molecule has 1 aromatic carbocycles. The highest BCUT2D eigenvalue weighted by Gasteiger charge is 2.43. The number of fused-ring (bicyclic) bond motifs is 1. The topological polar surface area (TPSA) is 70.7 Å². The molecule has 6 heteroatoms. The standard InChI is InChI=1S/C21H24N4OS/c1-21(14-22,15-11-12-15)24-19(26)13-27-20-23-17-9-5-6-10-18(17)25(20)16-7-3-2-4-8-16/h2-4,7-8,15H,5-6,9-13H2,1H3,(H,24,26). The summed E-state index contributed by atoms with van der Waals surface area (Å²) in [5.41, 5.74) is 2.78. The van der Waals surface area contributed by atoms with Gasteiger partial charge in [0.1, 0.15) is 5.54 Å². The first-order valence-corrected chi connectivity index (χ1v) is 10.6. The molecule has 1 unspecified atom stereocenters. The molecule has 0 spiro atoms. The molecule has 0 bridgehead atoms. The van der Waals surface area contributed by atoms with E-state index in [1.807, 2.05) is 25.1 Å². The molecule has 27 heavy (non-hydrogen) atoms. The average molecular weight is 381 g/mol. The summed E-state index contributed by atoms with van der Waals surface area (Å²) in [7, 11) is 0. The van der Waals surface area contributed by atoms with Gasteiger partial charge in [-0.1, -0.05) is 30.0 Å². The molecule has 0 radical (unpaired) electrons. The van der Waals surface area contributed by atoms with Crippen molar-refractivity contribution in [1.29, 1.82) is 5.26 Å². The van der Waals surface area contributed by atoms with Crippen molar-refractivity contribution >= 4 is 17.7 Å². The number of rotatable bonds is 6. The number of amides is 1. The van der Waals surface area contributed by atoms with Crippen LogP contribution in [0.2, 0.25) is 0 Å². The molecule has 1 N–H and O–H groups in total. The normalized spacial score (nSPS) is 18.2. The molecule has 1 saturated carbocycles. The number of nitrogens with one attached hydrogen (secondary N) is 1. The van der Waals surface area contributed by atoms with E-state index < -0.39 is 5.54 Å². The minimum atomic E-state index is -0.744. The second kappa shape index (κ2) is 7.40. The van der Waals surface area contributed by atoms with Gasteiger partial charge >= 0.3 is 0 Å². The average Bonchev–Trinajstić information content (AvgIpc) is 3.48. The van der Waals surface area contributed by atoms with E-state index in [-0.39, 0.29) is 17.6 Å². The van der Waals surface area contributed by atoms with Crippen molar-refractivity contribution < 1.29 is 4.79 Å². The minimum absolute atomic E-state index is 0.100. The summed E-state index contributed by atoms with van der Waals surface area (Å²) in [4.78, 5) is 17.3. The Morgan fingerprint density at radius 2 is 2.07 bits per heavy atom. The van der Waals surface area contributed by atoms with Crippen molar-refractivity contribution in [3.63, 3.8) is 0 Å². The van der Waals surface area contributed by atoms with E-state index in [0.29, 0.717) is 0 Å². The molecule has 2 aromatic rings. The third-order valence-corrected chi connectivity index (χ3v) is 6.41. The van der Waals surface area contributed by atoms with E-state index in [9.17, 15) is 10.1 Å². The Balaban J connectivity index is 1.53. The molecule has 1 aromatic heterocycles. The number of hydrogen-bond donors (Lipinski definition) is 1. The number of aryl methyl sites for hydroxylation is 1. The summed E-state index contributed by atoms with van der Waals surface area (Å²) in [5, 5.41) is 13.3. The van der Waals surface area contributed by atoms with Gasteiger partial charge in [0.25, 0.3) is 0 Å².